The van der Waals surface area contributed by atoms with Gasteiger partial charge >= 0.3 is 29.6 Å². The Balaban J connectivity index is 0. The Labute approximate surface area is 130 Å². The molecule has 0 saturated heterocycles. The average molecular weight is 314 g/mol. The molecule has 2 unspecified atom stereocenters. The molecular formula is C8H19NaO7S2. The zero-order chi connectivity index (χ0) is 13.7. The molecule has 0 fully saturated rings. The number of ether oxygens (including phenoxy) is 1. The van der Waals surface area contributed by atoms with Gasteiger partial charge in [0.1, 0.15) is 0 Å². The van der Waals surface area contributed by atoms with Crippen molar-refractivity contribution >= 4 is 49.8 Å². The van der Waals surface area contributed by atoms with E-state index in [1.54, 1.807) is 13.8 Å². The van der Waals surface area contributed by atoms with E-state index in [2.05, 4.69) is 0 Å². The van der Waals surface area contributed by atoms with Crippen LogP contribution in [0, 0.1) is 0 Å². The van der Waals surface area contributed by atoms with Crippen LogP contribution in [-0.2, 0) is 25.0 Å². The van der Waals surface area contributed by atoms with Crippen LogP contribution in [0.4, 0.5) is 0 Å². The molecule has 0 aliphatic rings. The van der Waals surface area contributed by atoms with Crippen LogP contribution < -0.4 is 0 Å². The van der Waals surface area contributed by atoms with Gasteiger partial charge in [0.2, 0.25) is 0 Å². The minimum atomic E-state index is -4.50. The zero-order valence-electron chi connectivity index (χ0n) is 9.74. The van der Waals surface area contributed by atoms with Gasteiger partial charge in [0.15, 0.2) is 10.9 Å². The van der Waals surface area contributed by atoms with Crippen molar-refractivity contribution in [2.45, 2.75) is 50.4 Å². The average Bonchev–Trinajstić information content (AvgIpc) is 2.12. The Hall–Kier alpha value is 0.780. The molecule has 0 rings (SSSR count). The number of hydrogen-bond donors (Lipinski definition) is 2. The van der Waals surface area contributed by atoms with Crippen LogP contribution in [0.15, 0.2) is 0 Å². The Morgan fingerprint density at radius 2 is 1.17 bits per heavy atom. The van der Waals surface area contributed by atoms with Gasteiger partial charge in [0.25, 0.3) is 20.2 Å². The van der Waals surface area contributed by atoms with Gasteiger partial charge in [-0.15, -0.1) is 0 Å². The molecule has 0 aromatic heterocycles. The van der Waals surface area contributed by atoms with Gasteiger partial charge in [-0.1, -0.05) is 26.7 Å². The maximum absolute atomic E-state index is 10.9. The van der Waals surface area contributed by atoms with Gasteiger partial charge < -0.3 is 4.74 Å². The van der Waals surface area contributed by atoms with Crippen molar-refractivity contribution in [2.24, 2.45) is 0 Å². The molecule has 0 amide bonds. The Bertz CT molecular complexity index is 377. The molecule has 0 saturated carbocycles. The zero-order valence-corrected chi connectivity index (χ0v) is 11.4. The summed E-state index contributed by atoms with van der Waals surface area (Å²) in [6.45, 7) is 3.31. The predicted octanol–water partition coefficient (Wildman–Crippen LogP) is 0.383. The Morgan fingerprint density at radius 1 is 0.889 bits per heavy atom. The van der Waals surface area contributed by atoms with E-state index in [0.29, 0.717) is 12.8 Å². The van der Waals surface area contributed by atoms with Gasteiger partial charge in [0, 0.05) is 0 Å². The molecule has 0 spiro atoms. The quantitative estimate of drug-likeness (QED) is 0.491. The standard InChI is InChI=1S/C8H18O7S2.Na.H/c1-3-5-7(16(9,10)11)15-8(6-4-2)17(12,13)14;;/h7-8H,3-6H2,1-2H3,(H,9,10,11)(H,12,13,14);;. The van der Waals surface area contributed by atoms with Crippen LogP contribution in [0.25, 0.3) is 0 Å². The molecule has 0 bridgehead atoms. The molecule has 0 aromatic rings. The second kappa shape index (κ2) is 8.85. The first-order valence-corrected chi connectivity index (χ1v) is 8.21. The summed E-state index contributed by atoms with van der Waals surface area (Å²) < 4.78 is 66.3. The summed E-state index contributed by atoms with van der Waals surface area (Å²) in [5.74, 6) is 0. The molecule has 0 aliphatic heterocycles. The van der Waals surface area contributed by atoms with E-state index in [0.717, 1.165) is 0 Å². The molecule has 106 valence electrons. The van der Waals surface area contributed by atoms with Crippen LogP contribution in [0.1, 0.15) is 39.5 Å². The number of hydrogen-bond acceptors (Lipinski definition) is 5. The van der Waals surface area contributed by atoms with Gasteiger partial charge in [-0.2, -0.15) is 16.8 Å². The first kappa shape index (κ1) is 21.1. The van der Waals surface area contributed by atoms with E-state index in [1.807, 2.05) is 0 Å². The van der Waals surface area contributed by atoms with Crippen molar-refractivity contribution in [3.63, 3.8) is 0 Å². The summed E-state index contributed by atoms with van der Waals surface area (Å²) in [7, 11) is -9.00. The summed E-state index contributed by atoms with van der Waals surface area (Å²) in [5, 5.41) is 0. The van der Waals surface area contributed by atoms with Crippen molar-refractivity contribution in [1.82, 2.24) is 0 Å². The van der Waals surface area contributed by atoms with Crippen LogP contribution in [-0.4, -0.2) is 66.4 Å². The van der Waals surface area contributed by atoms with Crippen LogP contribution in [0.3, 0.4) is 0 Å². The molecule has 2 atom stereocenters. The summed E-state index contributed by atoms with van der Waals surface area (Å²) >= 11 is 0. The van der Waals surface area contributed by atoms with E-state index in [-0.39, 0.29) is 42.4 Å². The van der Waals surface area contributed by atoms with Crippen LogP contribution >= 0.6 is 0 Å². The molecule has 0 aromatic carbocycles. The Morgan fingerprint density at radius 3 is 1.33 bits per heavy atom. The molecule has 10 heteroatoms. The third kappa shape index (κ3) is 8.05. The normalized spacial score (nSPS) is 15.8. The second-order valence-electron chi connectivity index (χ2n) is 3.60. The first-order valence-electron chi connectivity index (χ1n) is 5.21. The van der Waals surface area contributed by atoms with E-state index in [4.69, 9.17) is 13.8 Å². The summed E-state index contributed by atoms with van der Waals surface area (Å²) in [5.41, 5.74) is -3.27. The molecule has 18 heavy (non-hydrogen) atoms. The van der Waals surface area contributed by atoms with Gasteiger partial charge in [-0.25, -0.2) is 0 Å². The van der Waals surface area contributed by atoms with Gasteiger partial charge in [-0.3, -0.25) is 9.11 Å². The number of rotatable bonds is 8. The summed E-state index contributed by atoms with van der Waals surface area (Å²) in [4.78, 5) is 0. The fraction of sp³-hybridized carbons (Fsp3) is 1.00. The second-order valence-corrected chi connectivity index (χ2v) is 6.71. The van der Waals surface area contributed by atoms with Crippen LogP contribution in [0.2, 0.25) is 0 Å². The predicted molar refractivity (Wildman–Crippen MR) is 68.7 cm³/mol. The van der Waals surface area contributed by atoms with Crippen molar-refractivity contribution in [3.05, 3.63) is 0 Å². The minimum absolute atomic E-state index is 0. The Kier molecular flexibility index (Phi) is 10.4. The monoisotopic (exact) mass is 314 g/mol. The topological polar surface area (TPSA) is 118 Å². The van der Waals surface area contributed by atoms with Gasteiger partial charge in [0.05, 0.1) is 0 Å². The molecule has 0 radical (unpaired) electrons. The maximum atomic E-state index is 10.9. The molecule has 7 nitrogen and oxygen atoms in total. The fourth-order valence-electron chi connectivity index (χ4n) is 1.22. The fourth-order valence-corrected chi connectivity index (χ4v) is 2.90. The third-order valence-electron chi connectivity index (χ3n) is 2.02. The van der Waals surface area contributed by atoms with Crippen molar-refractivity contribution in [2.75, 3.05) is 0 Å². The third-order valence-corrected chi connectivity index (χ3v) is 4.04. The van der Waals surface area contributed by atoms with E-state index >= 15 is 0 Å². The molecule has 0 heterocycles. The van der Waals surface area contributed by atoms with Crippen molar-refractivity contribution < 1.29 is 30.7 Å². The van der Waals surface area contributed by atoms with Crippen molar-refractivity contribution in [1.29, 1.82) is 0 Å². The molecule has 2 N–H and O–H groups in total. The van der Waals surface area contributed by atoms with Gasteiger partial charge in [-0.05, 0) is 12.8 Å². The summed E-state index contributed by atoms with van der Waals surface area (Å²) in [6, 6.07) is 0. The SMILES string of the molecule is CCCC(OC(CCC)S(=O)(=O)O)S(=O)(=O)O.[NaH]. The van der Waals surface area contributed by atoms with E-state index in [1.165, 1.54) is 0 Å². The van der Waals surface area contributed by atoms with Crippen molar-refractivity contribution in [3.8, 4) is 0 Å². The molecule has 0 aliphatic carbocycles. The molecular weight excluding hydrogens is 295 g/mol. The van der Waals surface area contributed by atoms with E-state index in [9.17, 15) is 16.8 Å². The van der Waals surface area contributed by atoms with E-state index < -0.39 is 31.1 Å². The van der Waals surface area contributed by atoms with Crippen LogP contribution in [0.5, 0.6) is 0 Å². The summed E-state index contributed by atoms with van der Waals surface area (Å²) in [6.07, 6.45) is 0.673. The first-order chi connectivity index (χ1) is 7.62.